The van der Waals surface area contributed by atoms with Gasteiger partial charge in [-0.05, 0) is 70.0 Å². The molecular weight excluding hydrogens is 472 g/mol. The molecule has 39 heavy (non-hydrogen) atoms. The highest BCUT2D eigenvalue weighted by molar-refractivity contribution is 6.02. The summed E-state index contributed by atoms with van der Waals surface area (Å²) >= 11 is 0. The molecule has 192 valence electrons. The minimum absolute atomic E-state index is 0.0330. The summed E-state index contributed by atoms with van der Waals surface area (Å²) in [6.45, 7) is 11.7. The fourth-order valence-corrected chi connectivity index (χ4v) is 7.10. The normalized spacial score (nSPS) is 15.3. The van der Waals surface area contributed by atoms with Crippen LogP contribution in [0.2, 0.25) is 0 Å². The monoisotopic (exact) mass is 507 g/mol. The van der Waals surface area contributed by atoms with Crippen LogP contribution in [-0.4, -0.2) is 4.57 Å². The van der Waals surface area contributed by atoms with E-state index in [4.69, 9.17) is 0 Å². The van der Waals surface area contributed by atoms with E-state index in [1.807, 2.05) is 0 Å². The van der Waals surface area contributed by atoms with Crippen LogP contribution in [-0.2, 0) is 17.9 Å². The minimum atomic E-state index is -0.0659. The predicted molar refractivity (Wildman–Crippen MR) is 163 cm³/mol. The highest BCUT2D eigenvalue weighted by Crippen LogP contribution is 2.50. The molecule has 1 aliphatic rings. The fraction of sp³-hybridized carbons (Fsp3) is 0.216. The highest BCUT2D eigenvalue weighted by Gasteiger charge is 2.41. The fourth-order valence-electron chi connectivity index (χ4n) is 7.10. The molecule has 0 radical (unpaired) electrons. The second-order valence-electron chi connectivity index (χ2n) is 12.3. The van der Waals surface area contributed by atoms with Gasteiger partial charge in [0.15, 0.2) is 11.0 Å². The van der Waals surface area contributed by atoms with Gasteiger partial charge < -0.3 is 0 Å². The van der Waals surface area contributed by atoms with E-state index in [1.54, 1.807) is 0 Å². The Kier molecular flexibility index (Phi) is 5.01. The molecule has 0 amide bonds. The Hall–Kier alpha value is -4.17. The molecular formula is C37H35N2+. The van der Waals surface area contributed by atoms with Gasteiger partial charge in [-0.2, -0.15) is 4.57 Å². The van der Waals surface area contributed by atoms with Crippen molar-refractivity contribution < 1.29 is 4.57 Å². The Bertz CT molecular complexity index is 1930. The molecule has 1 aromatic heterocycles. The predicted octanol–water partition coefficient (Wildman–Crippen LogP) is 8.55. The van der Waals surface area contributed by atoms with E-state index in [2.05, 4.69) is 154 Å². The van der Waals surface area contributed by atoms with Crippen molar-refractivity contribution >= 4 is 21.8 Å². The van der Waals surface area contributed by atoms with Crippen LogP contribution in [0.5, 0.6) is 0 Å². The lowest BCUT2D eigenvalue weighted by Crippen LogP contribution is -2.36. The van der Waals surface area contributed by atoms with Crippen LogP contribution < -0.4 is 4.57 Å². The van der Waals surface area contributed by atoms with Crippen molar-refractivity contribution in [2.45, 2.75) is 45.4 Å². The zero-order valence-electron chi connectivity index (χ0n) is 23.7. The van der Waals surface area contributed by atoms with Gasteiger partial charge in [-0.3, -0.25) is 0 Å². The topological polar surface area (TPSA) is 8.81 Å². The van der Waals surface area contributed by atoms with Crippen molar-refractivity contribution in [3.8, 4) is 16.8 Å². The molecule has 0 saturated carbocycles. The third-order valence-corrected chi connectivity index (χ3v) is 9.24. The van der Waals surface area contributed by atoms with Crippen LogP contribution in [0.25, 0.3) is 38.6 Å². The Morgan fingerprint density at radius 2 is 1.26 bits per heavy atom. The SMILES string of the molecule is Cc1cccc2c1n(-c1ccc(-c3ccc4c(c3)C(C)(C)c3ccccc3C4(C)C)c3ccccc13)c[n+]2C. The molecule has 0 atom stereocenters. The number of nitrogens with zero attached hydrogens (tertiary/aromatic N) is 2. The quantitative estimate of drug-likeness (QED) is 0.208. The molecule has 7 rings (SSSR count). The number of imidazole rings is 1. The van der Waals surface area contributed by atoms with E-state index in [-0.39, 0.29) is 10.8 Å². The van der Waals surface area contributed by atoms with Crippen LogP contribution >= 0.6 is 0 Å². The lowest BCUT2D eigenvalue weighted by molar-refractivity contribution is -0.645. The number of para-hydroxylation sites is 1. The zero-order chi connectivity index (χ0) is 27.1. The first-order chi connectivity index (χ1) is 18.7. The van der Waals surface area contributed by atoms with Gasteiger partial charge in [0.25, 0.3) is 0 Å². The number of aromatic nitrogens is 2. The van der Waals surface area contributed by atoms with E-state index < -0.39 is 0 Å². The number of hydrogen-bond donors (Lipinski definition) is 0. The highest BCUT2D eigenvalue weighted by atomic mass is 15.1. The van der Waals surface area contributed by atoms with Gasteiger partial charge in [0, 0.05) is 21.8 Å². The van der Waals surface area contributed by atoms with Crippen LogP contribution in [0.4, 0.5) is 0 Å². The molecule has 0 spiro atoms. The molecule has 1 heterocycles. The van der Waals surface area contributed by atoms with Crippen LogP contribution in [0.15, 0.2) is 103 Å². The number of aryl methyl sites for hydroxylation is 2. The Labute approximate surface area is 231 Å². The summed E-state index contributed by atoms with van der Waals surface area (Å²) < 4.78 is 4.57. The smallest absolute Gasteiger partial charge is 0.232 e. The Morgan fingerprint density at radius 3 is 2.00 bits per heavy atom. The summed E-state index contributed by atoms with van der Waals surface area (Å²) in [5.74, 6) is 0. The van der Waals surface area contributed by atoms with E-state index in [1.165, 1.54) is 66.4 Å². The molecule has 2 nitrogen and oxygen atoms in total. The molecule has 0 aliphatic heterocycles. The molecule has 0 saturated heterocycles. The summed E-state index contributed by atoms with van der Waals surface area (Å²) in [4.78, 5) is 0. The van der Waals surface area contributed by atoms with Crippen molar-refractivity contribution in [3.63, 3.8) is 0 Å². The maximum absolute atomic E-state index is 2.46. The molecule has 0 bridgehead atoms. The largest absolute Gasteiger partial charge is 0.249 e. The molecule has 5 aromatic carbocycles. The second kappa shape index (κ2) is 8.16. The van der Waals surface area contributed by atoms with Gasteiger partial charge in [0.05, 0.1) is 7.05 Å². The third-order valence-electron chi connectivity index (χ3n) is 9.24. The van der Waals surface area contributed by atoms with Crippen molar-refractivity contribution in [2.24, 2.45) is 7.05 Å². The second-order valence-corrected chi connectivity index (χ2v) is 12.3. The van der Waals surface area contributed by atoms with E-state index in [9.17, 15) is 0 Å². The standard InChI is InChI=1S/C37H35N2/c1-24-12-11-17-34-35(24)39(23-38(34)6)33-21-19-26(27-13-7-8-14-28(27)33)25-18-20-31-32(22-25)37(4,5)30-16-10-9-15-29(30)36(31,2)3/h7-23H,1-6H3/q+1. The number of hydrogen-bond acceptors (Lipinski definition) is 0. The van der Waals surface area contributed by atoms with E-state index >= 15 is 0 Å². The molecule has 0 unspecified atom stereocenters. The molecule has 0 fully saturated rings. The molecule has 6 aromatic rings. The van der Waals surface area contributed by atoms with Crippen molar-refractivity contribution in [3.05, 3.63) is 131 Å². The first-order valence-electron chi connectivity index (χ1n) is 13.9. The average molecular weight is 508 g/mol. The first kappa shape index (κ1) is 23.9. The number of fused-ring (bicyclic) bond motifs is 4. The lowest BCUT2D eigenvalue weighted by atomic mass is 9.60. The van der Waals surface area contributed by atoms with Crippen LogP contribution in [0.3, 0.4) is 0 Å². The van der Waals surface area contributed by atoms with E-state index in [0.29, 0.717) is 0 Å². The number of rotatable bonds is 2. The number of benzene rings is 5. The third kappa shape index (κ3) is 3.31. The maximum Gasteiger partial charge on any atom is 0.249 e. The van der Waals surface area contributed by atoms with Gasteiger partial charge in [0.2, 0.25) is 6.33 Å². The summed E-state index contributed by atoms with van der Waals surface area (Å²) in [6, 6.07) is 36.2. The summed E-state index contributed by atoms with van der Waals surface area (Å²) in [7, 11) is 2.13. The summed E-state index contributed by atoms with van der Waals surface area (Å²) in [5.41, 5.74) is 13.2. The van der Waals surface area contributed by atoms with Crippen LogP contribution in [0.1, 0.15) is 55.5 Å². The average Bonchev–Trinajstić information content (AvgIpc) is 3.28. The Balaban J connectivity index is 1.45. The lowest BCUT2D eigenvalue weighted by Gasteiger charge is -2.44. The van der Waals surface area contributed by atoms with Gasteiger partial charge in [0.1, 0.15) is 5.69 Å². The van der Waals surface area contributed by atoms with Gasteiger partial charge in [-0.1, -0.05) is 100 Å². The van der Waals surface area contributed by atoms with Gasteiger partial charge in [-0.25, -0.2) is 4.57 Å². The molecule has 0 N–H and O–H groups in total. The van der Waals surface area contributed by atoms with Crippen LogP contribution in [0, 0.1) is 6.92 Å². The Morgan fingerprint density at radius 1 is 0.615 bits per heavy atom. The molecule has 2 heteroatoms. The zero-order valence-corrected chi connectivity index (χ0v) is 23.7. The van der Waals surface area contributed by atoms with Gasteiger partial charge in [-0.15, -0.1) is 0 Å². The maximum atomic E-state index is 2.46. The molecule has 1 aliphatic carbocycles. The summed E-state index contributed by atoms with van der Waals surface area (Å²) in [5, 5.41) is 2.54. The van der Waals surface area contributed by atoms with Crippen molar-refractivity contribution in [1.82, 2.24) is 4.57 Å². The first-order valence-corrected chi connectivity index (χ1v) is 13.9. The van der Waals surface area contributed by atoms with Crippen molar-refractivity contribution in [2.75, 3.05) is 0 Å². The van der Waals surface area contributed by atoms with E-state index in [0.717, 1.165) is 0 Å². The minimum Gasteiger partial charge on any atom is -0.232 e. The van der Waals surface area contributed by atoms with Gasteiger partial charge >= 0.3 is 0 Å². The van der Waals surface area contributed by atoms with Crippen molar-refractivity contribution in [1.29, 1.82) is 0 Å². The summed E-state index contributed by atoms with van der Waals surface area (Å²) in [6.07, 6.45) is 2.21.